The van der Waals surface area contributed by atoms with Gasteiger partial charge in [0.05, 0.1) is 0 Å². The van der Waals surface area contributed by atoms with Gasteiger partial charge in [0, 0.05) is 25.9 Å². The Morgan fingerprint density at radius 3 is 1.47 bits per heavy atom. The minimum absolute atomic E-state index is 0.247. The normalized spacial score (nSPS) is 31.9. The summed E-state index contributed by atoms with van der Waals surface area (Å²) in [7, 11) is 0. The Labute approximate surface area is 180 Å². The first-order chi connectivity index (χ1) is 14.4. The highest BCUT2D eigenvalue weighted by Gasteiger charge is 2.39. The Bertz CT molecular complexity index is 513. The summed E-state index contributed by atoms with van der Waals surface area (Å²) < 4.78 is 11.6. The highest BCUT2D eigenvalue weighted by Crippen LogP contribution is 2.36. The van der Waals surface area contributed by atoms with Gasteiger partial charge in [-0.2, -0.15) is 0 Å². The monoisotopic (exact) mass is 426 g/mol. The number of ether oxygens (including phenoxy) is 2. The molecule has 0 saturated heterocycles. The summed E-state index contributed by atoms with van der Waals surface area (Å²) in [4.78, 5) is 24.7. The minimum Gasteiger partial charge on any atom is -0.458 e. The topological polar surface area (TPSA) is 157 Å². The standard InChI is InChI=1S/C22H42N4O4/c23-13-17-5-3-9-21(11-17,15-25)29-19(27)7-1-2-8-20(28)30-22(16-26)10-4-6-18(12-22)14-24/h17-18H,1-16,23-26H2. The summed E-state index contributed by atoms with van der Waals surface area (Å²) in [5.74, 6) is 0.225. The van der Waals surface area contributed by atoms with E-state index >= 15 is 0 Å². The molecule has 2 saturated carbocycles. The molecule has 0 aromatic carbocycles. The molecular weight excluding hydrogens is 384 g/mol. The number of carbonyl (C=O) groups is 2. The Balaban J connectivity index is 1.71. The molecule has 2 fully saturated rings. The third-order valence-electron chi connectivity index (χ3n) is 6.89. The number of carbonyl (C=O) groups excluding carboxylic acids is 2. The fraction of sp³-hybridized carbons (Fsp3) is 0.909. The van der Waals surface area contributed by atoms with Crippen molar-refractivity contribution in [1.29, 1.82) is 0 Å². The quantitative estimate of drug-likeness (QED) is 0.285. The first-order valence-electron chi connectivity index (χ1n) is 11.6. The van der Waals surface area contributed by atoms with Crippen LogP contribution in [0, 0.1) is 11.8 Å². The summed E-state index contributed by atoms with van der Waals surface area (Å²) in [6.45, 7) is 1.84. The average Bonchev–Trinajstić information content (AvgIpc) is 2.76. The SMILES string of the molecule is NCC1CCCC(CN)(OC(=O)CCCCC(=O)OC2(CN)CCCC(CN)C2)C1. The van der Waals surface area contributed by atoms with Crippen molar-refractivity contribution in [3.8, 4) is 0 Å². The third kappa shape index (κ3) is 7.18. The molecule has 0 radical (unpaired) electrons. The second-order valence-corrected chi connectivity index (χ2v) is 9.33. The van der Waals surface area contributed by atoms with Crippen LogP contribution >= 0.6 is 0 Å². The van der Waals surface area contributed by atoms with Crippen molar-refractivity contribution in [2.24, 2.45) is 34.8 Å². The van der Waals surface area contributed by atoms with Crippen molar-refractivity contribution in [2.75, 3.05) is 26.2 Å². The number of esters is 2. The predicted molar refractivity (Wildman–Crippen MR) is 116 cm³/mol. The van der Waals surface area contributed by atoms with Crippen LogP contribution < -0.4 is 22.9 Å². The summed E-state index contributed by atoms with van der Waals surface area (Å²) in [5.41, 5.74) is 22.3. The van der Waals surface area contributed by atoms with Gasteiger partial charge in [0.1, 0.15) is 11.2 Å². The molecule has 0 heterocycles. The zero-order valence-electron chi connectivity index (χ0n) is 18.4. The molecule has 8 nitrogen and oxygen atoms in total. The van der Waals surface area contributed by atoms with Gasteiger partial charge in [-0.1, -0.05) is 0 Å². The second-order valence-electron chi connectivity index (χ2n) is 9.33. The molecule has 8 N–H and O–H groups in total. The van der Waals surface area contributed by atoms with E-state index in [0.29, 0.717) is 50.9 Å². The molecule has 0 spiro atoms. The number of nitrogens with two attached hydrogens (primary N) is 4. The predicted octanol–water partition coefficient (Wildman–Crippen LogP) is 1.33. The molecule has 2 aliphatic carbocycles. The van der Waals surface area contributed by atoms with E-state index in [2.05, 4.69) is 0 Å². The molecule has 2 aliphatic rings. The lowest BCUT2D eigenvalue weighted by Crippen LogP contribution is -2.47. The molecule has 2 rings (SSSR count). The van der Waals surface area contributed by atoms with Crippen LogP contribution in [0.3, 0.4) is 0 Å². The van der Waals surface area contributed by atoms with E-state index in [-0.39, 0.29) is 24.8 Å². The van der Waals surface area contributed by atoms with Gasteiger partial charge in [0.2, 0.25) is 0 Å². The molecule has 0 bridgehead atoms. The Morgan fingerprint density at radius 2 is 1.13 bits per heavy atom. The van der Waals surface area contributed by atoms with E-state index in [1.54, 1.807) is 0 Å². The summed E-state index contributed by atoms with van der Waals surface area (Å²) in [6, 6.07) is 0. The van der Waals surface area contributed by atoms with Crippen LogP contribution in [0.15, 0.2) is 0 Å². The summed E-state index contributed by atoms with van der Waals surface area (Å²) in [6.07, 6.45) is 8.86. The van der Waals surface area contributed by atoms with Gasteiger partial charge in [0.25, 0.3) is 0 Å². The van der Waals surface area contributed by atoms with E-state index < -0.39 is 11.2 Å². The summed E-state index contributed by atoms with van der Waals surface area (Å²) >= 11 is 0. The first kappa shape index (κ1) is 25.0. The molecule has 174 valence electrons. The van der Waals surface area contributed by atoms with E-state index in [4.69, 9.17) is 32.4 Å². The van der Waals surface area contributed by atoms with Crippen LogP contribution in [0.2, 0.25) is 0 Å². The lowest BCUT2D eigenvalue weighted by molar-refractivity contribution is -0.166. The Morgan fingerprint density at radius 1 is 0.733 bits per heavy atom. The largest absolute Gasteiger partial charge is 0.458 e. The fourth-order valence-corrected chi connectivity index (χ4v) is 5.05. The molecule has 0 aromatic rings. The third-order valence-corrected chi connectivity index (χ3v) is 6.89. The molecule has 0 amide bonds. The van der Waals surface area contributed by atoms with Gasteiger partial charge < -0.3 is 32.4 Å². The summed E-state index contributed by atoms with van der Waals surface area (Å²) in [5, 5.41) is 0. The lowest BCUT2D eigenvalue weighted by Gasteiger charge is -2.39. The van der Waals surface area contributed by atoms with Crippen molar-refractivity contribution >= 4 is 11.9 Å². The molecule has 4 unspecified atom stereocenters. The highest BCUT2D eigenvalue weighted by molar-refractivity contribution is 5.71. The minimum atomic E-state index is -0.577. The maximum Gasteiger partial charge on any atom is 0.306 e. The van der Waals surface area contributed by atoms with Gasteiger partial charge in [0.15, 0.2) is 0 Å². The van der Waals surface area contributed by atoms with E-state index in [9.17, 15) is 9.59 Å². The molecule has 4 atom stereocenters. The Hall–Kier alpha value is -1.22. The second kappa shape index (κ2) is 12.0. The maximum atomic E-state index is 12.3. The van der Waals surface area contributed by atoms with Gasteiger partial charge >= 0.3 is 11.9 Å². The van der Waals surface area contributed by atoms with Gasteiger partial charge in [-0.3, -0.25) is 9.59 Å². The van der Waals surface area contributed by atoms with Crippen LogP contribution in [0.1, 0.15) is 77.0 Å². The van der Waals surface area contributed by atoms with Crippen LogP contribution in [0.5, 0.6) is 0 Å². The molecular formula is C22H42N4O4. The molecule has 0 aliphatic heterocycles. The van der Waals surface area contributed by atoms with Crippen LogP contribution in [-0.2, 0) is 19.1 Å². The number of hydrogen-bond donors (Lipinski definition) is 4. The van der Waals surface area contributed by atoms with Crippen molar-refractivity contribution in [3.05, 3.63) is 0 Å². The number of rotatable bonds is 11. The maximum absolute atomic E-state index is 12.3. The number of hydrogen-bond acceptors (Lipinski definition) is 8. The molecule has 8 heteroatoms. The number of unbranched alkanes of at least 4 members (excludes halogenated alkanes) is 1. The highest BCUT2D eigenvalue weighted by atomic mass is 16.6. The van der Waals surface area contributed by atoms with Crippen LogP contribution in [0.4, 0.5) is 0 Å². The smallest absolute Gasteiger partial charge is 0.306 e. The van der Waals surface area contributed by atoms with Crippen molar-refractivity contribution < 1.29 is 19.1 Å². The molecule has 0 aromatic heterocycles. The fourth-order valence-electron chi connectivity index (χ4n) is 5.05. The van der Waals surface area contributed by atoms with Gasteiger partial charge in [-0.05, 0) is 89.1 Å². The lowest BCUT2D eigenvalue weighted by atomic mass is 9.78. The van der Waals surface area contributed by atoms with E-state index in [1.807, 2.05) is 0 Å². The van der Waals surface area contributed by atoms with Crippen molar-refractivity contribution in [1.82, 2.24) is 0 Å². The average molecular weight is 427 g/mol. The van der Waals surface area contributed by atoms with Crippen molar-refractivity contribution in [2.45, 2.75) is 88.3 Å². The van der Waals surface area contributed by atoms with Gasteiger partial charge in [-0.15, -0.1) is 0 Å². The zero-order valence-corrected chi connectivity index (χ0v) is 18.4. The van der Waals surface area contributed by atoms with Crippen LogP contribution in [0.25, 0.3) is 0 Å². The first-order valence-corrected chi connectivity index (χ1v) is 11.6. The zero-order chi connectivity index (χ0) is 22.0. The van der Waals surface area contributed by atoms with E-state index in [1.165, 1.54) is 0 Å². The van der Waals surface area contributed by atoms with Gasteiger partial charge in [-0.25, -0.2) is 0 Å². The van der Waals surface area contributed by atoms with E-state index in [0.717, 1.165) is 51.4 Å². The molecule has 30 heavy (non-hydrogen) atoms. The van der Waals surface area contributed by atoms with Crippen molar-refractivity contribution in [3.63, 3.8) is 0 Å². The Kier molecular flexibility index (Phi) is 10.0. The van der Waals surface area contributed by atoms with Crippen LogP contribution in [-0.4, -0.2) is 49.3 Å².